The number of hydrogen-bond acceptors (Lipinski definition) is 2. The number of carbonyl (C=O) groups excluding carboxylic acids is 2. The Kier molecular flexibility index (Phi) is 3.84. The minimum atomic E-state index is -0.450. The predicted octanol–water partition coefficient (Wildman–Crippen LogP) is 2.75. The Morgan fingerprint density at radius 3 is 2.58 bits per heavy atom. The molecule has 1 N–H and O–H groups in total. The highest BCUT2D eigenvalue weighted by Crippen LogP contribution is 2.36. The maximum Gasteiger partial charge on any atom is 0.268 e. The molecule has 2 heterocycles. The second-order valence-corrected chi connectivity index (χ2v) is 6.53. The molecule has 4 rings (SSSR count). The molecule has 0 radical (unpaired) electrons. The molecule has 1 atom stereocenters. The van der Waals surface area contributed by atoms with Crippen LogP contribution in [0.5, 0.6) is 0 Å². The van der Waals surface area contributed by atoms with Crippen LogP contribution in [0.1, 0.15) is 42.2 Å². The second kappa shape index (κ2) is 6.15. The van der Waals surface area contributed by atoms with Crippen molar-refractivity contribution in [1.29, 1.82) is 0 Å². The Morgan fingerprint density at radius 2 is 1.83 bits per heavy atom. The zero-order valence-corrected chi connectivity index (χ0v) is 13.5. The molecular weight excluding hydrogens is 302 g/mol. The van der Waals surface area contributed by atoms with Crippen molar-refractivity contribution in [2.75, 3.05) is 11.4 Å². The van der Waals surface area contributed by atoms with Crippen LogP contribution in [-0.2, 0) is 4.79 Å². The van der Waals surface area contributed by atoms with Gasteiger partial charge in [-0.05, 0) is 49.9 Å². The number of benzene rings is 1. The molecule has 1 saturated heterocycles. The third kappa shape index (κ3) is 2.82. The lowest BCUT2D eigenvalue weighted by Crippen LogP contribution is -2.52. The number of hydrogen-bond donors (Lipinski definition) is 1. The van der Waals surface area contributed by atoms with Crippen LogP contribution < -0.4 is 10.2 Å². The molecule has 0 spiro atoms. The van der Waals surface area contributed by atoms with Crippen LogP contribution in [0.25, 0.3) is 0 Å². The summed E-state index contributed by atoms with van der Waals surface area (Å²) >= 11 is 0. The molecule has 1 aliphatic carbocycles. The van der Waals surface area contributed by atoms with Gasteiger partial charge in [0.15, 0.2) is 0 Å². The molecule has 24 heavy (non-hydrogen) atoms. The molecule has 124 valence electrons. The van der Waals surface area contributed by atoms with Gasteiger partial charge in [0.2, 0.25) is 5.91 Å². The number of aromatic nitrogens is 1. The van der Waals surface area contributed by atoms with E-state index in [1.807, 2.05) is 53.2 Å². The van der Waals surface area contributed by atoms with Crippen molar-refractivity contribution in [3.8, 4) is 0 Å². The van der Waals surface area contributed by atoms with Crippen LogP contribution in [0.2, 0.25) is 0 Å². The van der Waals surface area contributed by atoms with Crippen molar-refractivity contribution >= 4 is 17.5 Å². The van der Waals surface area contributed by atoms with Crippen LogP contribution in [0, 0.1) is 0 Å². The van der Waals surface area contributed by atoms with E-state index in [0.717, 1.165) is 24.9 Å². The molecule has 1 saturated carbocycles. The maximum atomic E-state index is 12.8. The summed E-state index contributed by atoms with van der Waals surface area (Å²) in [5, 5.41) is 2.94. The number of nitrogens with zero attached hydrogens (tertiary/aromatic N) is 2. The van der Waals surface area contributed by atoms with Gasteiger partial charge in [0.05, 0.1) is 0 Å². The fourth-order valence-corrected chi connectivity index (χ4v) is 3.36. The monoisotopic (exact) mass is 323 g/mol. The van der Waals surface area contributed by atoms with E-state index < -0.39 is 6.04 Å². The predicted molar refractivity (Wildman–Crippen MR) is 92.0 cm³/mol. The van der Waals surface area contributed by atoms with Gasteiger partial charge in [-0.3, -0.25) is 9.59 Å². The third-order valence-electron chi connectivity index (χ3n) is 4.76. The molecule has 5 heteroatoms. The van der Waals surface area contributed by atoms with Gasteiger partial charge in [-0.2, -0.15) is 0 Å². The Hall–Kier alpha value is -2.56. The molecule has 0 bridgehead atoms. The standard InChI is InChI=1S/C19H21N3O2/c23-18(17-9-5-12-21(17)15-10-11-15)20-16-8-4-13-22(19(16)24)14-6-2-1-3-7-14/h1-3,5-7,9,12,15-16H,4,8,10-11,13H2,(H,20,23). The summed E-state index contributed by atoms with van der Waals surface area (Å²) in [6, 6.07) is 13.4. The van der Waals surface area contributed by atoms with Crippen molar-refractivity contribution in [3.63, 3.8) is 0 Å². The molecule has 1 aliphatic heterocycles. The van der Waals surface area contributed by atoms with Crippen LogP contribution in [0.15, 0.2) is 48.7 Å². The smallest absolute Gasteiger partial charge is 0.268 e. The number of carbonyl (C=O) groups is 2. The number of rotatable bonds is 4. The van der Waals surface area contributed by atoms with Gasteiger partial charge in [-0.25, -0.2) is 0 Å². The zero-order chi connectivity index (χ0) is 16.5. The molecule has 2 fully saturated rings. The van der Waals surface area contributed by atoms with Gasteiger partial charge in [-0.1, -0.05) is 18.2 Å². The van der Waals surface area contributed by atoms with Gasteiger partial charge in [0.1, 0.15) is 11.7 Å². The van der Waals surface area contributed by atoms with Gasteiger partial charge < -0.3 is 14.8 Å². The topological polar surface area (TPSA) is 54.3 Å². The second-order valence-electron chi connectivity index (χ2n) is 6.53. The first kappa shape index (κ1) is 15.0. The normalized spacial score (nSPS) is 20.9. The molecule has 1 aromatic carbocycles. The minimum Gasteiger partial charge on any atom is -0.340 e. The van der Waals surface area contributed by atoms with E-state index in [9.17, 15) is 9.59 Å². The largest absolute Gasteiger partial charge is 0.340 e. The molecule has 2 aliphatic rings. The van der Waals surface area contributed by atoms with E-state index in [1.165, 1.54) is 0 Å². The van der Waals surface area contributed by atoms with Crippen LogP contribution in [-0.4, -0.2) is 29.0 Å². The van der Waals surface area contributed by atoms with E-state index >= 15 is 0 Å². The third-order valence-corrected chi connectivity index (χ3v) is 4.76. The fourth-order valence-electron chi connectivity index (χ4n) is 3.36. The van der Waals surface area contributed by atoms with Crippen LogP contribution >= 0.6 is 0 Å². The summed E-state index contributed by atoms with van der Waals surface area (Å²) in [6.45, 7) is 0.702. The quantitative estimate of drug-likeness (QED) is 0.940. The number of nitrogens with one attached hydrogen (secondary N) is 1. The molecule has 1 unspecified atom stereocenters. The van der Waals surface area contributed by atoms with Crippen molar-refractivity contribution < 1.29 is 9.59 Å². The Labute approximate surface area is 141 Å². The number of anilines is 1. The fraction of sp³-hybridized carbons (Fsp3) is 0.368. The maximum absolute atomic E-state index is 12.8. The summed E-state index contributed by atoms with van der Waals surface area (Å²) in [6.07, 6.45) is 5.77. The van der Waals surface area contributed by atoms with E-state index in [0.29, 0.717) is 24.7 Å². The molecule has 1 aromatic heterocycles. The van der Waals surface area contributed by atoms with Gasteiger partial charge in [0.25, 0.3) is 5.91 Å². The zero-order valence-electron chi connectivity index (χ0n) is 13.5. The lowest BCUT2D eigenvalue weighted by molar-refractivity contribution is -0.121. The number of piperidine rings is 1. The first-order valence-corrected chi connectivity index (χ1v) is 8.58. The van der Waals surface area contributed by atoms with Gasteiger partial charge in [0, 0.05) is 24.5 Å². The van der Waals surface area contributed by atoms with E-state index in [1.54, 1.807) is 4.90 Å². The van der Waals surface area contributed by atoms with Crippen molar-refractivity contribution in [2.24, 2.45) is 0 Å². The summed E-state index contributed by atoms with van der Waals surface area (Å²) in [4.78, 5) is 27.2. The van der Waals surface area contributed by atoms with Crippen molar-refractivity contribution in [2.45, 2.75) is 37.8 Å². The lowest BCUT2D eigenvalue weighted by Gasteiger charge is -2.32. The average Bonchev–Trinajstić information content (AvgIpc) is 3.34. The first-order chi connectivity index (χ1) is 11.7. The van der Waals surface area contributed by atoms with Crippen LogP contribution in [0.3, 0.4) is 0 Å². The molecular formula is C19H21N3O2. The summed E-state index contributed by atoms with van der Waals surface area (Å²) < 4.78 is 2.03. The van der Waals surface area contributed by atoms with E-state index in [4.69, 9.17) is 0 Å². The summed E-state index contributed by atoms with van der Waals surface area (Å²) in [7, 11) is 0. The minimum absolute atomic E-state index is 0.0228. The first-order valence-electron chi connectivity index (χ1n) is 8.58. The molecule has 2 amide bonds. The Bertz CT molecular complexity index is 749. The molecule has 5 nitrogen and oxygen atoms in total. The highest BCUT2D eigenvalue weighted by molar-refractivity contribution is 6.02. The summed E-state index contributed by atoms with van der Waals surface area (Å²) in [5.74, 6) is -0.175. The number of para-hydroxylation sites is 1. The van der Waals surface area contributed by atoms with E-state index in [-0.39, 0.29) is 11.8 Å². The van der Waals surface area contributed by atoms with Crippen LogP contribution in [0.4, 0.5) is 5.69 Å². The molecule has 2 aromatic rings. The van der Waals surface area contributed by atoms with E-state index in [2.05, 4.69) is 5.32 Å². The van der Waals surface area contributed by atoms with Gasteiger partial charge >= 0.3 is 0 Å². The number of amides is 2. The summed E-state index contributed by atoms with van der Waals surface area (Å²) in [5.41, 5.74) is 1.55. The SMILES string of the molecule is O=C(NC1CCCN(c2ccccc2)C1=O)c1cccn1C1CC1. The highest BCUT2D eigenvalue weighted by Gasteiger charge is 2.32. The van der Waals surface area contributed by atoms with Crippen molar-refractivity contribution in [3.05, 3.63) is 54.4 Å². The lowest BCUT2D eigenvalue weighted by atomic mass is 10.0. The Balaban J connectivity index is 1.48. The average molecular weight is 323 g/mol. The van der Waals surface area contributed by atoms with Crippen molar-refractivity contribution in [1.82, 2.24) is 9.88 Å². The Morgan fingerprint density at radius 1 is 1.04 bits per heavy atom. The highest BCUT2D eigenvalue weighted by atomic mass is 16.2. The van der Waals surface area contributed by atoms with Gasteiger partial charge in [-0.15, -0.1) is 0 Å².